The molecule has 0 saturated carbocycles. The van der Waals surface area contributed by atoms with Crippen LogP contribution in [0.1, 0.15) is 11.1 Å². The second-order valence-corrected chi connectivity index (χ2v) is 7.86. The van der Waals surface area contributed by atoms with Crippen LogP contribution in [-0.2, 0) is 31.2 Å². The minimum atomic E-state index is -4.67. The van der Waals surface area contributed by atoms with Gasteiger partial charge in [-0.2, -0.15) is 25.3 Å². The molecule has 0 amide bonds. The Kier molecular flexibility index (Phi) is 23.6. The first kappa shape index (κ1) is 40.9. The monoisotopic (exact) mass is 544 g/mol. The van der Waals surface area contributed by atoms with Crippen LogP contribution in [0.25, 0.3) is 0 Å². The van der Waals surface area contributed by atoms with E-state index in [2.05, 4.69) is 0 Å². The molecule has 33 heavy (non-hydrogen) atoms. The normalized spacial score (nSPS) is 9.70. The molecule has 0 aliphatic rings. The second kappa shape index (κ2) is 19.1. The van der Waals surface area contributed by atoms with Crippen LogP contribution in [0.2, 0.25) is 0 Å². The van der Waals surface area contributed by atoms with Crippen molar-refractivity contribution < 1.29 is 63.5 Å². The van der Waals surface area contributed by atoms with E-state index in [1.165, 1.54) is 11.1 Å². The predicted octanol–water partition coefficient (Wildman–Crippen LogP) is -0.453. The maximum atomic E-state index is 8.74. The Morgan fingerprint density at radius 2 is 0.727 bits per heavy atom. The Bertz CT molecular complexity index is 914. The zero-order valence-corrected chi connectivity index (χ0v) is 19.6. The van der Waals surface area contributed by atoms with Crippen LogP contribution < -0.4 is 11.5 Å². The molecule has 0 saturated heterocycles. The molecule has 2 aromatic carbocycles. The van der Waals surface area contributed by atoms with Crippen molar-refractivity contribution in [2.45, 2.75) is 13.8 Å². The van der Waals surface area contributed by atoms with Gasteiger partial charge in [0, 0.05) is 11.4 Å². The summed E-state index contributed by atoms with van der Waals surface area (Å²) in [5.41, 5.74) is 15.0. The lowest BCUT2D eigenvalue weighted by Crippen LogP contribution is -1.89. The van der Waals surface area contributed by atoms with E-state index >= 15 is 0 Å². The lowest BCUT2D eigenvalue weighted by atomic mass is 10.2. The molecule has 0 heterocycles. The summed E-state index contributed by atoms with van der Waals surface area (Å²) in [6, 6.07) is 15.6. The van der Waals surface area contributed by atoms with Crippen LogP contribution in [-0.4, -0.2) is 63.5 Å². The topological polar surface area (TPSA) is 339 Å². The Hall–Kier alpha value is -2.43. The first-order chi connectivity index (χ1) is 13.6. The van der Waals surface area contributed by atoms with E-state index in [4.69, 9.17) is 64.0 Å². The van der Waals surface area contributed by atoms with Gasteiger partial charge in [0.15, 0.2) is 0 Å². The van der Waals surface area contributed by atoms with Crippen molar-refractivity contribution in [1.29, 1.82) is 0 Å². The highest BCUT2D eigenvalue weighted by molar-refractivity contribution is 7.80. The van der Waals surface area contributed by atoms with Gasteiger partial charge < -0.3 is 22.4 Å². The van der Waals surface area contributed by atoms with Crippen LogP contribution >= 0.6 is 0 Å². The molecule has 0 fully saturated rings. The highest BCUT2D eigenvalue weighted by Gasteiger charge is 1.86. The van der Waals surface area contributed by atoms with Crippen molar-refractivity contribution in [1.82, 2.24) is 0 Å². The van der Waals surface area contributed by atoms with Crippen LogP contribution in [0.5, 0.6) is 0 Å². The quantitative estimate of drug-likeness (QED) is 0.154. The van der Waals surface area contributed by atoms with Crippen LogP contribution in [0, 0.1) is 13.8 Å². The number of nitrogens with two attached hydrogens (primary N) is 2. The number of anilines is 2. The summed E-state index contributed by atoms with van der Waals surface area (Å²) < 4.78 is 94.8. The molecule has 16 nitrogen and oxygen atoms in total. The molecule has 0 bridgehead atoms. The van der Waals surface area contributed by atoms with Crippen molar-refractivity contribution in [3.63, 3.8) is 0 Å². The summed E-state index contributed by atoms with van der Waals surface area (Å²) in [4.78, 5) is 0. The van der Waals surface area contributed by atoms with Gasteiger partial charge in [0.1, 0.15) is 0 Å². The molecule has 196 valence electrons. The molecule has 0 aromatic heterocycles. The van der Waals surface area contributed by atoms with Gasteiger partial charge in [-0.05, 0) is 49.2 Å². The van der Waals surface area contributed by atoms with Crippen LogP contribution in [0.4, 0.5) is 11.4 Å². The zero-order valence-electron chi connectivity index (χ0n) is 17.1. The molecule has 0 unspecified atom stereocenters. The number of hydrogen-bond donors (Lipinski definition) is 8. The fraction of sp³-hybridized carbons (Fsp3) is 0.143. The van der Waals surface area contributed by atoms with E-state index in [0.717, 1.165) is 11.4 Å². The average Bonchev–Trinajstić information content (AvgIpc) is 2.41. The lowest BCUT2D eigenvalue weighted by Gasteiger charge is -1.91. The van der Waals surface area contributed by atoms with Gasteiger partial charge in [0.05, 0.1) is 0 Å². The van der Waals surface area contributed by atoms with E-state index in [1.54, 1.807) is 0 Å². The summed E-state index contributed by atoms with van der Waals surface area (Å²) in [7, 11) is -14.0. The number of aryl methyl sites for hydroxylation is 2. The largest absolute Gasteiger partial charge is 0.412 e. The third-order valence-corrected chi connectivity index (χ3v) is 2.08. The van der Waals surface area contributed by atoms with Crippen molar-refractivity contribution in [3.05, 3.63) is 59.7 Å². The molecular weight excluding hydrogens is 516 g/mol. The van der Waals surface area contributed by atoms with Crippen molar-refractivity contribution in [2.24, 2.45) is 0 Å². The fourth-order valence-electron chi connectivity index (χ4n) is 1.34. The van der Waals surface area contributed by atoms with Crippen LogP contribution in [0.15, 0.2) is 48.5 Å². The average molecular weight is 545 g/mol. The predicted molar refractivity (Wildman–Crippen MR) is 121 cm³/mol. The van der Waals surface area contributed by atoms with Gasteiger partial charge in [-0.15, -0.1) is 0 Å². The van der Waals surface area contributed by atoms with Crippen LogP contribution in [0.3, 0.4) is 0 Å². The molecular formula is C14H28N2O14S3. The van der Waals surface area contributed by atoms with Gasteiger partial charge in [-0.1, -0.05) is 24.3 Å². The standard InChI is InChI=1S/2C7H9N.3H2O4S.2H2O/c2*1-6-3-2-4-7(8)5-6;3*1-5(2,3)4;;/h2*2-5H,8H2,1H3;3*(H2,1,2,3,4);2*1H2. The SMILES string of the molecule is Cc1cccc(N)c1.Cc1cccc(N)c1.O.O.O=S(=O)(O)O.O=S(=O)(O)O.O=S(=O)(O)O. The summed E-state index contributed by atoms with van der Waals surface area (Å²) in [5, 5.41) is 0. The number of hydrogen-bond acceptors (Lipinski definition) is 8. The smallest absolute Gasteiger partial charge is 0.394 e. The summed E-state index contributed by atoms with van der Waals surface area (Å²) >= 11 is 0. The molecule has 0 radical (unpaired) electrons. The number of rotatable bonds is 0. The minimum absolute atomic E-state index is 0. The molecule has 0 aliphatic carbocycles. The zero-order chi connectivity index (χ0) is 25.5. The van der Waals surface area contributed by atoms with Gasteiger partial charge in [0.25, 0.3) is 0 Å². The van der Waals surface area contributed by atoms with Gasteiger partial charge in [-0.25, -0.2) is 0 Å². The van der Waals surface area contributed by atoms with Crippen molar-refractivity contribution in [2.75, 3.05) is 11.5 Å². The number of nitrogen functional groups attached to an aromatic ring is 2. The maximum absolute atomic E-state index is 8.74. The molecule has 2 rings (SSSR count). The maximum Gasteiger partial charge on any atom is 0.394 e. The Labute approximate surface area is 191 Å². The summed E-state index contributed by atoms with van der Waals surface area (Å²) in [6.45, 7) is 4.05. The van der Waals surface area contributed by atoms with Gasteiger partial charge in [0.2, 0.25) is 0 Å². The minimum Gasteiger partial charge on any atom is -0.412 e. The fourth-order valence-corrected chi connectivity index (χ4v) is 1.34. The number of benzene rings is 2. The van der Waals surface area contributed by atoms with E-state index < -0.39 is 31.2 Å². The van der Waals surface area contributed by atoms with E-state index in [1.807, 2.05) is 62.4 Å². The van der Waals surface area contributed by atoms with E-state index in [9.17, 15) is 0 Å². The Morgan fingerprint density at radius 3 is 0.818 bits per heavy atom. The highest BCUT2D eigenvalue weighted by Crippen LogP contribution is 2.03. The van der Waals surface area contributed by atoms with E-state index in [0.29, 0.717) is 0 Å². The summed E-state index contributed by atoms with van der Waals surface area (Å²) in [6.07, 6.45) is 0. The Balaban J connectivity index is -0.0000000997. The molecule has 2 aromatic rings. The van der Waals surface area contributed by atoms with Crippen molar-refractivity contribution in [3.8, 4) is 0 Å². The first-order valence-electron chi connectivity index (χ1n) is 7.32. The van der Waals surface area contributed by atoms with Gasteiger partial charge >= 0.3 is 31.2 Å². The summed E-state index contributed by atoms with van der Waals surface area (Å²) in [5.74, 6) is 0. The third kappa shape index (κ3) is 72.8. The highest BCUT2D eigenvalue weighted by atomic mass is 32.3. The molecule has 14 N–H and O–H groups in total. The van der Waals surface area contributed by atoms with Crippen molar-refractivity contribution >= 4 is 42.6 Å². The van der Waals surface area contributed by atoms with Gasteiger partial charge in [-0.3, -0.25) is 27.3 Å². The lowest BCUT2D eigenvalue weighted by molar-refractivity contribution is 0.378. The van der Waals surface area contributed by atoms with E-state index in [-0.39, 0.29) is 11.0 Å². The third-order valence-electron chi connectivity index (χ3n) is 2.08. The first-order valence-corrected chi connectivity index (χ1v) is 11.5. The molecule has 0 aliphatic heterocycles. The molecule has 0 atom stereocenters. The molecule has 19 heteroatoms. The second-order valence-electron chi connectivity index (χ2n) is 5.17. The molecule has 0 spiro atoms. The Morgan fingerprint density at radius 1 is 0.545 bits per heavy atom.